The van der Waals surface area contributed by atoms with Crippen LogP contribution in [0.5, 0.6) is 0 Å². The first-order valence-corrected chi connectivity index (χ1v) is 4.26. The van der Waals surface area contributed by atoms with E-state index in [4.69, 9.17) is 16.3 Å². The molecule has 12 heavy (non-hydrogen) atoms. The van der Waals surface area contributed by atoms with Crippen molar-refractivity contribution in [2.24, 2.45) is 5.92 Å². The van der Waals surface area contributed by atoms with Gasteiger partial charge in [0.2, 0.25) is 5.24 Å². The van der Waals surface area contributed by atoms with Crippen LogP contribution in [0.25, 0.3) is 0 Å². The number of esters is 1. The lowest BCUT2D eigenvalue weighted by Crippen LogP contribution is -2.24. The van der Waals surface area contributed by atoms with Crippen LogP contribution in [-0.4, -0.2) is 17.3 Å². The van der Waals surface area contributed by atoms with E-state index in [1.807, 2.05) is 0 Å². The first-order valence-electron chi connectivity index (χ1n) is 3.88. The van der Waals surface area contributed by atoms with E-state index < -0.39 is 17.1 Å². The third kappa shape index (κ3) is 3.72. The smallest absolute Gasteiger partial charge is 0.318 e. The molecule has 0 aromatic heterocycles. The maximum absolute atomic E-state index is 11.1. The van der Waals surface area contributed by atoms with Crippen LogP contribution >= 0.6 is 11.6 Å². The third-order valence-corrected chi connectivity index (χ3v) is 1.58. The zero-order chi connectivity index (χ0) is 9.72. The number of carbonyl (C=O) groups excluding carboxylic acids is 2. The molecule has 0 radical (unpaired) electrons. The van der Waals surface area contributed by atoms with Crippen LogP contribution in [0.15, 0.2) is 0 Å². The highest BCUT2D eigenvalue weighted by molar-refractivity contribution is 6.65. The van der Waals surface area contributed by atoms with Gasteiger partial charge in [0.25, 0.3) is 0 Å². The van der Waals surface area contributed by atoms with Crippen molar-refractivity contribution in [3.05, 3.63) is 0 Å². The highest BCUT2D eigenvalue weighted by Gasteiger charge is 2.25. The second kappa shape index (κ2) is 5.14. The van der Waals surface area contributed by atoms with Gasteiger partial charge in [0, 0.05) is 0 Å². The summed E-state index contributed by atoms with van der Waals surface area (Å²) < 4.78 is 4.82. The van der Waals surface area contributed by atoms with E-state index in [-0.39, 0.29) is 6.10 Å². The minimum atomic E-state index is -0.811. The fraction of sp³-hybridized carbons (Fsp3) is 0.750. The quantitative estimate of drug-likeness (QED) is 0.387. The van der Waals surface area contributed by atoms with Gasteiger partial charge in [-0.25, -0.2) is 0 Å². The molecule has 0 rings (SSSR count). The maximum atomic E-state index is 11.1. The fourth-order valence-electron chi connectivity index (χ4n) is 0.734. The van der Waals surface area contributed by atoms with E-state index in [9.17, 15) is 9.59 Å². The summed E-state index contributed by atoms with van der Waals surface area (Å²) in [6.07, 6.45) is 0.177. The average molecular weight is 193 g/mol. The first kappa shape index (κ1) is 11.4. The van der Waals surface area contributed by atoms with Crippen molar-refractivity contribution >= 4 is 22.8 Å². The van der Waals surface area contributed by atoms with Gasteiger partial charge in [-0.15, -0.1) is 0 Å². The molecule has 0 bridgehead atoms. The number of hydrogen-bond donors (Lipinski definition) is 0. The van der Waals surface area contributed by atoms with Gasteiger partial charge in [0.05, 0.1) is 6.10 Å². The van der Waals surface area contributed by atoms with Gasteiger partial charge in [-0.2, -0.15) is 0 Å². The summed E-state index contributed by atoms with van der Waals surface area (Å²) in [7, 11) is 0. The molecule has 0 aromatic carbocycles. The van der Waals surface area contributed by atoms with Gasteiger partial charge in [0.1, 0.15) is 5.92 Å². The van der Waals surface area contributed by atoms with Crippen LogP contribution < -0.4 is 0 Å². The molecule has 4 heteroatoms. The Morgan fingerprint density at radius 2 is 1.92 bits per heavy atom. The molecule has 0 amide bonds. The molecule has 0 saturated heterocycles. The first-order chi connectivity index (χ1) is 5.49. The van der Waals surface area contributed by atoms with Gasteiger partial charge >= 0.3 is 5.97 Å². The second-order valence-electron chi connectivity index (χ2n) is 2.75. The molecule has 0 aliphatic carbocycles. The van der Waals surface area contributed by atoms with Gasteiger partial charge in [-0.3, -0.25) is 9.59 Å². The molecule has 0 aliphatic rings. The Morgan fingerprint density at radius 1 is 1.42 bits per heavy atom. The number of halogens is 1. The minimum Gasteiger partial charge on any atom is -0.462 e. The van der Waals surface area contributed by atoms with Crippen LogP contribution in [0.1, 0.15) is 27.2 Å². The number of carbonyl (C=O) groups is 2. The predicted octanol–water partition coefficient (Wildman–Crippen LogP) is 1.73. The van der Waals surface area contributed by atoms with Gasteiger partial charge < -0.3 is 4.74 Å². The number of rotatable bonds is 4. The minimum absolute atomic E-state index is 0.206. The van der Waals surface area contributed by atoms with Crippen molar-refractivity contribution in [1.82, 2.24) is 0 Å². The Bertz CT molecular complexity index is 177. The monoisotopic (exact) mass is 192 g/mol. The molecule has 0 fully saturated rings. The molecular weight excluding hydrogens is 180 g/mol. The van der Waals surface area contributed by atoms with Gasteiger partial charge in [-0.1, -0.05) is 6.92 Å². The predicted molar refractivity (Wildman–Crippen MR) is 45.9 cm³/mol. The molecule has 0 saturated carbocycles. The molecule has 1 unspecified atom stereocenters. The normalized spacial score (nSPS) is 12.8. The van der Waals surface area contributed by atoms with E-state index in [1.165, 1.54) is 0 Å². The summed E-state index contributed by atoms with van der Waals surface area (Å²) in [6, 6.07) is 0. The SMILES string of the molecule is CCC(C(=O)Cl)C(=O)OC(C)C. The lowest BCUT2D eigenvalue weighted by atomic mass is 10.1. The van der Waals surface area contributed by atoms with Crippen LogP contribution in [0.4, 0.5) is 0 Å². The topological polar surface area (TPSA) is 43.4 Å². The summed E-state index contributed by atoms with van der Waals surface area (Å²) >= 11 is 5.18. The molecule has 3 nitrogen and oxygen atoms in total. The van der Waals surface area contributed by atoms with Crippen molar-refractivity contribution in [2.75, 3.05) is 0 Å². The lowest BCUT2D eigenvalue weighted by Gasteiger charge is -2.12. The zero-order valence-corrected chi connectivity index (χ0v) is 8.22. The van der Waals surface area contributed by atoms with Crippen molar-refractivity contribution in [3.8, 4) is 0 Å². The Labute approximate surface area is 77.0 Å². The van der Waals surface area contributed by atoms with Gasteiger partial charge in [-0.05, 0) is 31.9 Å². The third-order valence-electron chi connectivity index (χ3n) is 1.32. The number of ether oxygens (including phenoxy) is 1. The van der Waals surface area contributed by atoms with E-state index in [0.29, 0.717) is 6.42 Å². The molecule has 0 spiro atoms. The number of hydrogen-bond acceptors (Lipinski definition) is 3. The summed E-state index contributed by atoms with van der Waals surface area (Å²) in [5, 5.41) is -0.650. The Kier molecular flexibility index (Phi) is 4.90. The van der Waals surface area contributed by atoms with Crippen LogP contribution in [0.2, 0.25) is 0 Å². The fourth-order valence-corrected chi connectivity index (χ4v) is 0.978. The van der Waals surface area contributed by atoms with E-state index in [0.717, 1.165) is 0 Å². The van der Waals surface area contributed by atoms with Crippen molar-refractivity contribution in [2.45, 2.75) is 33.3 Å². The molecule has 0 aromatic rings. The maximum Gasteiger partial charge on any atom is 0.318 e. The molecule has 0 N–H and O–H groups in total. The molecule has 0 aliphatic heterocycles. The van der Waals surface area contributed by atoms with Gasteiger partial charge in [0.15, 0.2) is 0 Å². The molecule has 0 heterocycles. The van der Waals surface area contributed by atoms with Crippen molar-refractivity contribution in [1.29, 1.82) is 0 Å². The Morgan fingerprint density at radius 3 is 2.17 bits per heavy atom. The van der Waals surface area contributed by atoms with Crippen LogP contribution in [0, 0.1) is 5.92 Å². The van der Waals surface area contributed by atoms with Crippen molar-refractivity contribution in [3.63, 3.8) is 0 Å². The average Bonchev–Trinajstić information content (AvgIpc) is 1.85. The zero-order valence-electron chi connectivity index (χ0n) is 7.46. The summed E-state index contributed by atoms with van der Waals surface area (Å²) in [4.78, 5) is 21.8. The lowest BCUT2D eigenvalue weighted by molar-refractivity contribution is -0.154. The van der Waals surface area contributed by atoms with E-state index >= 15 is 0 Å². The highest BCUT2D eigenvalue weighted by Crippen LogP contribution is 2.10. The largest absolute Gasteiger partial charge is 0.462 e. The summed E-state index contributed by atoms with van der Waals surface area (Å²) in [6.45, 7) is 5.17. The Balaban J connectivity index is 4.13. The van der Waals surface area contributed by atoms with E-state index in [2.05, 4.69) is 0 Å². The molecular formula is C8H13ClO3. The van der Waals surface area contributed by atoms with Crippen molar-refractivity contribution < 1.29 is 14.3 Å². The second-order valence-corrected chi connectivity index (χ2v) is 3.12. The highest BCUT2D eigenvalue weighted by atomic mass is 35.5. The van der Waals surface area contributed by atoms with E-state index in [1.54, 1.807) is 20.8 Å². The standard InChI is InChI=1S/C8H13ClO3/c1-4-6(7(9)10)8(11)12-5(2)3/h5-6H,4H2,1-3H3. The molecule has 1 atom stereocenters. The van der Waals surface area contributed by atoms with Crippen LogP contribution in [-0.2, 0) is 14.3 Å². The molecule has 70 valence electrons. The summed E-state index contributed by atoms with van der Waals surface area (Å²) in [5.41, 5.74) is 0. The Hall–Kier alpha value is -0.570. The summed E-state index contributed by atoms with van der Waals surface area (Å²) in [5.74, 6) is -1.35. The van der Waals surface area contributed by atoms with Crippen LogP contribution in [0.3, 0.4) is 0 Å².